The summed E-state index contributed by atoms with van der Waals surface area (Å²) in [5.74, 6) is -0.727. The standard InChI is InChI=1S/C14H19F2N/c1-10(17-9-14(2)6-3-7-14)12-8-11(15)4-5-13(12)16/h4-5,8,10,17H,3,6-7,9H2,1-2H3. The molecule has 1 saturated carbocycles. The molecular formula is C14H19F2N. The summed E-state index contributed by atoms with van der Waals surface area (Å²) in [6, 6.07) is 3.46. The van der Waals surface area contributed by atoms with Gasteiger partial charge >= 0.3 is 0 Å². The van der Waals surface area contributed by atoms with Gasteiger partial charge in [-0.05, 0) is 43.4 Å². The lowest BCUT2D eigenvalue weighted by Gasteiger charge is -2.39. The maximum atomic E-state index is 13.5. The van der Waals surface area contributed by atoms with E-state index in [0.29, 0.717) is 11.0 Å². The number of nitrogens with one attached hydrogen (secondary N) is 1. The number of benzene rings is 1. The van der Waals surface area contributed by atoms with Crippen molar-refractivity contribution in [3.63, 3.8) is 0 Å². The Morgan fingerprint density at radius 2 is 2.06 bits per heavy atom. The van der Waals surface area contributed by atoms with Crippen LogP contribution in [-0.2, 0) is 0 Å². The minimum absolute atomic E-state index is 0.150. The molecule has 0 aliphatic heterocycles. The predicted octanol–water partition coefficient (Wildman–Crippen LogP) is 3.81. The first-order chi connectivity index (χ1) is 8.00. The quantitative estimate of drug-likeness (QED) is 0.842. The molecule has 1 aliphatic rings. The highest BCUT2D eigenvalue weighted by molar-refractivity contribution is 5.21. The Morgan fingerprint density at radius 3 is 2.65 bits per heavy atom. The first-order valence-corrected chi connectivity index (χ1v) is 6.18. The second-order valence-electron chi connectivity index (χ2n) is 5.43. The summed E-state index contributed by atoms with van der Waals surface area (Å²) in [5.41, 5.74) is 0.755. The predicted molar refractivity (Wildman–Crippen MR) is 64.7 cm³/mol. The molecule has 1 fully saturated rings. The van der Waals surface area contributed by atoms with Gasteiger partial charge in [0.05, 0.1) is 0 Å². The Bertz CT molecular complexity index is 399. The molecule has 0 heterocycles. The van der Waals surface area contributed by atoms with Gasteiger partial charge in [-0.2, -0.15) is 0 Å². The third-order valence-corrected chi connectivity index (χ3v) is 3.82. The monoisotopic (exact) mass is 239 g/mol. The van der Waals surface area contributed by atoms with E-state index in [2.05, 4.69) is 12.2 Å². The van der Waals surface area contributed by atoms with Crippen LogP contribution in [0.2, 0.25) is 0 Å². The highest BCUT2D eigenvalue weighted by atomic mass is 19.1. The molecule has 0 aromatic heterocycles. The number of hydrogen-bond acceptors (Lipinski definition) is 1. The highest BCUT2D eigenvalue weighted by Gasteiger charge is 2.31. The van der Waals surface area contributed by atoms with Crippen molar-refractivity contribution >= 4 is 0 Å². The van der Waals surface area contributed by atoms with Crippen LogP contribution in [0, 0.1) is 17.0 Å². The molecule has 94 valence electrons. The zero-order chi connectivity index (χ0) is 12.5. The molecule has 3 heteroatoms. The van der Waals surface area contributed by atoms with Crippen LogP contribution in [0.1, 0.15) is 44.7 Å². The minimum Gasteiger partial charge on any atom is -0.310 e. The molecule has 17 heavy (non-hydrogen) atoms. The van der Waals surface area contributed by atoms with Gasteiger partial charge in [0, 0.05) is 18.2 Å². The second-order valence-corrected chi connectivity index (χ2v) is 5.43. The average Bonchev–Trinajstić information content (AvgIpc) is 2.26. The lowest BCUT2D eigenvalue weighted by molar-refractivity contribution is 0.151. The number of hydrogen-bond donors (Lipinski definition) is 1. The van der Waals surface area contributed by atoms with Gasteiger partial charge in [-0.15, -0.1) is 0 Å². The number of rotatable bonds is 4. The summed E-state index contributed by atoms with van der Waals surface area (Å²) in [5, 5.41) is 3.30. The molecule has 1 aliphatic carbocycles. The third-order valence-electron chi connectivity index (χ3n) is 3.82. The molecule has 1 unspecified atom stereocenters. The van der Waals surface area contributed by atoms with Gasteiger partial charge in [-0.1, -0.05) is 13.3 Å². The Hall–Kier alpha value is -0.960. The van der Waals surface area contributed by atoms with Crippen LogP contribution >= 0.6 is 0 Å². The summed E-state index contributed by atoms with van der Waals surface area (Å²) >= 11 is 0. The van der Waals surface area contributed by atoms with Gasteiger partial charge < -0.3 is 5.32 Å². The summed E-state index contributed by atoms with van der Waals surface area (Å²) in [6.45, 7) is 4.97. The van der Waals surface area contributed by atoms with E-state index in [9.17, 15) is 8.78 Å². The Kier molecular flexibility index (Phi) is 3.48. The molecule has 1 atom stereocenters. The van der Waals surface area contributed by atoms with Gasteiger partial charge in [-0.3, -0.25) is 0 Å². The molecule has 1 nitrogen and oxygen atoms in total. The molecular weight excluding hydrogens is 220 g/mol. The van der Waals surface area contributed by atoms with E-state index >= 15 is 0 Å². The van der Waals surface area contributed by atoms with E-state index in [1.54, 1.807) is 0 Å². The molecule has 2 rings (SSSR count). The van der Waals surface area contributed by atoms with Gasteiger partial charge in [0.1, 0.15) is 11.6 Å². The van der Waals surface area contributed by atoms with Crippen LogP contribution < -0.4 is 5.32 Å². The molecule has 1 N–H and O–H groups in total. The van der Waals surface area contributed by atoms with E-state index in [-0.39, 0.29) is 17.7 Å². The van der Waals surface area contributed by atoms with Gasteiger partial charge in [0.2, 0.25) is 0 Å². The molecule has 1 aromatic rings. The number of halogens is 2. The van der Waals surface area contributed by atoms with Crippen molar-refractivity contribution < 1.29 is 8.78 Å². The van der Waals surface area contributed by atoms with Crippen LogP contribution in [0.15, 0.2) is 18.2 Å². The van der Waals surface area contributed by atoms with E-state index in [4.69, 9.17) is 0 Å². The summed E-state index contributed by atoms with van der Waals surface area (Å²) < 4.78 is 26.6. The van der Waals surface area contributed by atoms with E-state index in [1.165, 1.54) is 31.4 Å². The SMILES string of the molecule is CC(NCC1(C)CCC1)c1cc(F)ccc1F. The van der Waals surface area contributed by atoms with Crippen molar-refractivity contribution in [2.75, 3.05) is 6.54 Å². The molecule has 0 spiro atoms. The molecule has 0 saturated heterocycles. The van der Waals surface area contributed by atoms with E-state index in [0.717, 1.165) is 12.6 Å². The lowest BCUT2D eigenvalue weighted by atomic mass is 9.70. The van der Waals surface area contributed by atoms with Crippen molar-refractivity contribution in [2.45, 2.75) is 39.2 Å². The normalized spacial score (nSPS) is 19.8. The fourth-order valence-electron chi connectivity index (χ4n) is 2.31. The van der Waals surface area contributed by atoms with Crippen molar-refractivity contribution in [1.82, 2.24) is 5.32 Å². The highest BCUT2D eigenvalue weighted by Crippen LogP contribution is 2.39. The van der Waals surface area contributed by atoms with Gasteiger partial charge in [0.15, 0.2) is 0 Å². The Balaban J connectivity index is 1.99. The summed E-state index contributed by atoms with van der Waals surface area (Å²) in [7, 11) is 0. The van der Waals surface area contributed by atoms with E-state index in [1.807, 2.05) is 6.92 Å². The first-order valence-electron chi connectivity index (χ1n) is 6.18. The maximum Gasteiger partial charge on any atom is 0.128 e. The van der Waals surface area contributed by atoms with Crippen LogP contribution in [0.25, 0.3) is 0 Å². The van der Waals surface area contributed by atoms with Crippen LogP contribution in [0.3, 0.4) is 0 Å². The fraction of sp³-hybridized carbons (Fsp3) is 0.571. The molecule has 0 amide bonds. The van der Waals surface area contributed by atoms with Crippen molar-refractivity contribution in [3.05, 3.63) is 35.4 Å². The smallest absolute Gasteiger partial charge is 0.128 e. The van der Waals surface area contributed by atoms with Crippen LogP contribution in [-0.4, -0.2) is 6.54 Å². The molecule has 1 aromatic carbocycles. The zero-order valence-corrected chi connectivity index (χ0v) is 10.4. The molecule has 0 radical (unpaired) electrons. The minimum atomic E-state index is -0.384. The van der Waals surface area contributed by atoms with Crippen LogP contribution in [0.5, 0.6) is 0 Å². The Labute approximate surface area is 101 Å². The lowest BCUT2D eigenvalue weighted by Crippen LogP contribution is -2.38. The largest absolute Gasteiger partial charge is 0.310 e. The topological polar surface area (TPSA) is 12.0 Å². The van der Waals surface area contributed by atoms with E-state index < -0.39 is 0 Å². The summed E-state index contributed by atoms with van der Waals surface area (Å²) in [6.07, 6.45) is 3.72. The zero-order valence-electron chi connectivity index (χ0n) is 10.4. The van der Waals surface area contributed by atoms with Crippen LogP contribution in [0.4, 0.5) is 8.78 Å². The van der Waals surface area contributed by atoms with Gasteiger partial charge in [-0.25, -0.2) is 8.78 Å². The Morgan fingerprint density at radius 1 is 1.35 bits per heavy atom. The molecule has 0 bridgehead atoms. The summed E-state index contributed by atoms with van der Waals surface area (Å²) in [4.78, 5) is 0. The average molecular weight is 239 g/mol. The first kappa shape index (κ1) is 12.5. The second kappa shape index (κ2) is 4.73. The van der Waals surface area contributed by atoms with Gasteiger partial charge in [0.25, 0.3) is 0 Å². The van der Waals surface area contributed by atoms with Crippen molar-refractivity contribution in [3.8, 4) is 0 Å². The maximum absolute atomic E-state index is 13.5. The van der Waals surface area contributed by atoms with Crippen molar-refractivity contribution in [1.29, 1.82) is 0 Å². The fourth-order valence-corrected chi connectivity index (χ4v) is 2.31. The third kappa shape index (κ3) is 2.83. The van der Waals surface area contributed by atoms with Crippen molar-refractivity contribution in [2.24, 2.45) is 5.41 Å².